The zero-order valence-electron chi connectivity index (χ0n) is 11.2. The van der Waals surface area contributed by atoms with Crippen molar-refractivity contribution in [1.29, 1.82) is 0 Å². The second kappa shape index (κ2) is 4.33. The van der Waals surface area contributed by atoms with Gasteiger partial charge in [-0.15, -0.1) is 0 Å². The van der Waals surface area contributed by atoms with Gasteiger partial charge in [-0.3, -0.25) is 0 Å². The maximum Gasteiger partial charge on any atom is 0.133 e. The number of aliphatic hydroxyl groups is 1. The van der Waals surface area contributed by atoms with Crippen molar-refractivity contribution in [2.24, 2.45) is 0 Å². The summed E-state index contributed by atoms with van der Waals surface area (Å²) in [5.74, 6) is 1.65. The summed E-state index contributed by atoms with van der Waals surface area (Å²) in [6.07, 6.45) is 0.701. The average Bonchev–Trinajstić information content (AvgIpc) is 2.59. The number of rotatable bonds is 0. The van der Waals surface area contributed by atoms with Gasteiger partial charge in [0.25, 0.3) is 0 Å². The summed E-state index contributed by atoms with van der Waals surface area (Å²) >= 11 is 0. The van der Waals surface area contributed by atoms with Crippen molar-refractivity contribution >= 4 is 0 Å². The lowest BCUT2D eigenvalue weighted by atomic mass is 9.73. The Balaban J connectivity index is 1.99. The first-order valence-corrected chi connectivity index (χ1v) is 7.08. The molecule has 2 aliphatic rings. The molecule has 0 aromatic heterocycles. The highest BCUT2D eigenvalue weighted by molar-refractivity contribution is 5.51. The Bertz CT molecular complexity index is 655. The molecule has 1 fully saturated rings. The van der Waals surface area contributed by atoms with E-state index in [9.17, 15) is 5.11 Å². The summed E-state index contributed by atoms with van der Waals surface area (Å²) in [5, 5.41) is 14.7. The van der Waals surface area contributed by atoms with Crippen LogP contribution in [0.5, 0.6) is 11.5 Å². The Hall–Kier alpha value is -1.84. The molecule has 3 heteroatoms. The van der Waals surface area contributed by atoms with Crippen LogP contribution in [0.25, 0.3) is 0 Å². The van der Waals surface area contributed by atoms with Gasteiger partial charge in [-0.1, -0.05) is 36.4 Å². The van der Waals surface area contributed by atoms with Crippen molar-refractivity contribution in [3.63, 3.8) is 0 Å². The molecule has 2 aliphatic heterocycles. The monoisotopic (exact) mass is 267 g/mol. The molecule has 2 heterocycles. The molecule has 0 unspecified atom stereocenters. The first-order valence-electron chi connectivity index (χ1n) is 7.08. The summed E-state index contributed by atoms with van der Waals surface area (Å²) < 4.78 is 6.07. The van der Waals surface area contributed by atoms with Crippen LogP contribution in [0.15, 0.2) is 48.5 Å². The van der Waals surface area contributed by atoms with Crippen molar-refractivity contribution in [3.05, 3.63) is 59.7 Å². The number of nitrogens with one attached hydrogen (secondary N) is 1. The third-order valence-corrected chi connectivity index (χ3v) is 4.48. The predicted octanol–water partition coefficient (Wildman–Crippen LogP) is 2.76. The Morgan fingerprint density at radius 1 is 1.05 bits per heavy atom. The van der Waals surface area contributed by atoms with Gasteiger partial charge >= 0.3 is 0 Å². The molecule has 20 heavy (non-hydrogen) atoms. The van der Waals surface area contributed by atoms with Crippen molar-refractivity contribution < 1.29 is 9.84 Å². The molecule has 0 spiro atoms. The highest BCUT2D eigenvalue weighted by Gasteiger charge is 2.45. The molecule has 0 bridgehead atoms. The van der Waals surface area contributed by atoms with Gasteiger partial charge in [-0.05, 0) is 25.1 Å². The van der Waals surface area contributed by atoms with E-state index in [1.807, 2.05) is 42.5 Å². The first kappa shape index (κ1) is 11.9. The van der Waals surface area contributed by atoms with Gasteiger partial charge < -0.3 is 15.2 Å². The number of benzene rings is 2. The third kappa shape index (κ3) is 1.60. The summed E-state index contributed by atoms with van der Waals surface area (Å²) in [6.45, 7) is 1.59. The minimum absolute atomic E-state index is 0.0242. The number of hydrogen-bond donors (Lipinski definition) is 2. The Morgan fingerprint density at radius 3 is 2.70 bits per heavy atom. The number of fused-ring (bicyclic) bond motifs is 5. The minimum Gasteiger partial charge on any atom is -0.457 e. The third-order valence-electron chi connectivity index (χ3n) is 4.48. The summed E-state index contributed by atoms with van der Waals surface area (Å²) in [4.78, 5) is 0. The van der Waals surface area contributed by atoms with Crippen LogP contribution in [0.4, 0.5) is 0 Å². The van der Waals surface area contributed by atoms with E-state index >= 15 is 0 Å². The fraction of sp³-hybridized carbons (Fsp3) is 0.294. The molecule has 102 valence electrons. The van der Waals surface area contributed by atoms with Gasteiger partial charge in [0.15, 0.2) is 0 Å². The topological polar surface area (TPSA) is 41.5 Å². The van der Waals surface area contributed by atoms with Crippen molar-refractivity contribution in [2.75, 3.05) is 13.1 Å². The fourth-order valence-electron chi connectivity index (χ4n) is 3.45. The standard InChI is InChI=1S/C17H17NO2/c19-17-9-10-18-11-14(17)12-5-1-3-7-15(12)20-16-8-4-2-6-13(16)17/h1-8,14,18-19H,9-11H2/t14-,17-/m1/s1. The Morgan fingerprint density at radius 2 is 1.80 bits per heavy atom. The Labute approximate surface area is 118 Å². The van der Waals surface area contributed by atoms with Gasteiger partial charge in [0, 0.05) is 23.6 Å². The summed E-state index contributed by atoms with van der Waals surface area (Å²) in [7, 11) is 0. The average molecular weight is 267 g/mol. The van der Waals surface area contributed by atoms with E-state index < -0.39 is 5.60 Å². The number of para-hydroxylation sites is 2. The SMILES string of the molecule is O[C@@]12CCNC[C@@H]1c1ccccc1Oc1ccccc12. The second-order valence-electron chi connectivity index (χ2n) is 5.57. The fourth-order valence-corrected chi connectivity index (χ4v) is 3.45. The van der Waals surface area contributed by atoms with Crippen LogP contribution in [0.1, 0.15) is 23.5 Å². The molecule has 0 amide bonds. The van der Waals surface area contributed by atoms with Gasteiger partial charge in [-0.2, -0.15) is 0 Å². The molecular weight excluding hydrogens is 250 g/mol. The highest BCUT2D eigenvalue weighted by Crippen LogP contribution is 2.50. The molecule has 3 nitrogen and oxygen atoms in total. The largest absolute Gasteiger partial charge is 0.457 e. The molecule has 1 saturated heterocycles. The molecule has 4 rings (SSSR count). The van der Waals surface area contributed by atoms with E-state index in [0.717, 1.165) is 35.7 Å². The highest BCUT2D eigenvalue weighted by atomic mass is 16.5. The van der Waals surface area contributed by atoms with Gasteiger partial charge in [0.05, 0.1) is 0 Å². The van der Waals surface area contributed by atoms with Crippen LogP contribution in [0, 0.1) is 0 Å². The van der Waals surface area contributed by atoms with E-state index in [0.29, 0.717) is 6.42 Å². The predicted molar refractivity (Wildman–Crippen MR) is 77.1 cm³/mol. The first-order chi connectivity index (χ1) is 9.79. The summed E-state index contributed by atoms with van der Waals surface area (Å²) in [5.41, 5.74) is 1.13. The van der Waals surface area contributed by atoms with Gasteiger partial charge in [0.2, 0.25) is 0 Å². The van der Waals surface area contributed by atoms with E-state index in [-0.39, 0.29) is 5.92 Å². The maximum absolute atomic E-state index is 11.3. The molecule has 0 radical (unpaired) electrons. The second-order valence-corrected chi connectivity index (χ2v) is 5.57. The normalized spacial score (nSPS) is 27.6. The summed E-state index contributed by atoms with van der Waals surface area (Å²) in [6, 6.07) is 15.9. The molecule has 2 N–H and O–H groups in total. The van der Waals surface area contributed by atoms with Crippen LogP contribution < -0.4 is 10.1 Å². The number of ether oxygens (including phenoxy) is 1. The van der Waals surface area contributed by atoms with Gasteiger partial charge in [0.1, 0.15) is 17.1 Å². The molecule has 2 aromatic rings. The van der Waals surface area contributed by atoms with E-state index in [2.05, 4.69) is 11.4 Å². The van der Waals surface area contributed by atoms with Crippen LogP contribution in [0.3, 0.4) is 0 Å². The Kier molecular flexibility index (Phi) is 2.59. The smallest absolute Gasteiger partial charge is 0.133 e. The van der Waals surface area contributed by atoms with E-state index in [1.165, 1.54) is 0 Å². The van der Waals surface area contributed by atoms with Crippen LogP contribution >= 0.6 is 0 Å². The molecule has 2 atom stereocenters. The number of hydrogen-bond acceptors (Lipinski definition) is 3. The van der Waals surface area contributed by atoms with Crippen LogP contribution in [-0.4, -0.2) is 18.2 Å². The molecule has 0 saturated carbocycles. The van der Waals surface area contributed by atoms with E-state index in [1.54, 1.807) is 0 Å². The lowest BCUT2D eigenvalue weighted by Crippen LogP contribution is -2.46. The van der Waals surface area contributed by atoms with Crippen molar-refractivity contribution in [3.8, 4) is 11.5 Å². The zero-order valence-corrected chi connectivity index (χ0v) is 11.2. The molecule has 0 aliphatic carbocycles. The molecule has 2 aromatic carbocycles. The van der Waals surface area contributed by atoms with E-state index in [4.69, 9.17) is 4.74 Å². The molecular formula is C17H17NO2. The van der Waals surface area contributed by atoms with Crippen molar-refractivity contribution in [1.82, 2.24) is 5.32 Å². The van der Waals surface area contributed by atoms with Gasteiger partial charge in [-0.25, -0.2) is 0 Å². The zero-order chi connectivity index (χ0) is 13.6. The van der Waals surface area contributed by atoms with Crippen LogP contribution in [-0.2, 0) is 5.60 Å². The van der Waals surface area contributed by atoms with Crippen molar-refractivity contribution in [2.45, 2.75) is 17.9 Å². The minimum atomic E-state index is -0.853. The lowest BCUT2D eigenvalue weighted by molar-refractivity contribution is -0.0146. The maximum atomic E-state index is 11.3. The van der Waals surface area contributed by atoms with Crippen LogP contribution in [0.2, 0.25) is 0 Å². The lowest BCUT2D eigenvalue weighted by Gasteiger charge is -2.40. The number of piperidine rings is 1. The quantitative estimate of drug-likeness (QED) is 0.771.